The van der Waals surface area contributed by atoms with Crippen LogP contribution in [0.2, 0.25) is 0 Å². The number of hydrogen-bond acceptors (Lipinski definition) is 2. The molecule has 16 heavy (non-hydrogen) atoms. The van der Waals surface area contributed by atoms with Crippen molar-refractivity contribution in [3.05, 3.63) is 35.4 Å². The second-order valence-electron chi connectivity index (χ2n) is 4.28. The van der Waals surface area contributed by atoms with Crippen LogP contribution in [0.3, 0.4) is 0 Å². The van der Waals surface area contributed by atoms with Crippen molar-refractivity contribution >= 4 is 0 Å². The molecule has 0 saturated heterocycles. The van der Waals surface area contributed by atoms with E-state index < -0.39 is 0 Å². The standard InChI is InChI=1S/C14H22O2/c1-12-6-5-8-13(10-12)14(11-15)7-3-4-9-16-2/h5-6,8,10,14-15H,3-4,7,9,11H2,1-2H3. The van der Waals surface area contributed by atoms with E-state index in [0.29, 0.717) is 0 Å². The number of aryl methyl sites for hydroxylation is 1. The molecule has 0 aliphatic heterocycles. The van der Waals surface area contributed by atoms with Gasteiger partial charge in [-0.25, -0.2) is 0 Å². The Bertz CT molecular complexity index is 297. The van der Waals surface area contributed by atoms with Gasteiger partial charge in [0.25, 0.3) is 0 Å². The Hall–Kier alpha value is -0.860. The van der Waals surface area contributed by atoms with Gasteiger partial charge in [-0.1, -0.05) is 36.2 Å². The summed E-state index contributed by atoms with van der Waals surface area (Å²) in [6.45, 7) is 3.13. The predicted octanol–water partition coefficient (Wildman–Crippen LogP) is 2.89. The molecular formula is C14H22O2. The van der Waals surface area contributed by atoms with Gasteiger partial charge in [0, 0.05) is 26.2 Å². The number of aliphatic hydroxyl groups excluding tert-OH is 1. The minimum Gasteiger partial charge on any atom is -0.396 e. The van der Waals surface area contributed by atoms with E-state index in [-0.39, 0.29) is 12.5 Å². The van der Waals surface area contributed by atoms with Gasteiger partial charge < -0.3 is 9.84 Å². The molecule has 1 rings (SSSR count). The Morgan fingerprint density at radius 2 is 2.12 bits per heavy atom. The summed E-state index contributed by atoms with van der Waals surface area (Å²) in [5.74, 6) is 0.275. The molecule has 0 radical (unpaired) electrons. The van der Waals surface area contributed by atoms with E-state index in [4.69, 9.17) is 4.74 Å². The van der Waals surface area contributed by atoms with Gasteiger partial charge in [0.05, 0.1) is 0 Å². The highest BCUT2D eigenvalue weighted by molar-refractivity contribution is 5.25. The average Bonchev–Trinajstić information content (AvgIpc) is 2.29. The lowest BCUT2D eigenvalue weighted by molar-refractivity contribution is 0.188. The van der Waals surface area contributed by atoms with E-state index >= 15 is 0 Å². The van der Waals surface area contributed by atoms with Crippen LogP contribution in [0.15, 0.2) is 24.3 Å². The van der Waals surface area contributed by atoms with Gasteiger partial charge >= 0.3 is 0 Å². The molecule has 1 aromatic carbocycles. The maximum absolute atomic E-state index is 9.40. The molecule has 0 aliphatic carbocycles. The zero-order valence-corrected chi connectivity index (χ0v) is 10.3. The highest BCUT2D eigenvalue weighted by Crippen LogP contribution is 2.22. The van der Waals surface area contributed by atoms with Gasteiger partial charge in [-0.2, -0.15) is 0 Å². The average molecular weight is 222 g/mol. The first-order valence-corrected chi connectivity index (χ1v) is 5.94. The zero-order valence-electron chi connectivity index (χ0n) is 10.3. The SMILES string of the molecule is COCCCCC(CO)c1cccc(C)c1. The molecule has 2 heteroatoms. The lowest BCUT2D eigenvalue weighted by atomic mass is 9.93. The van der Waals surface area contributed by atoms with E-state index in [0.717, 1.165) is 25.9 Å². The second kappa shape index (κ2) is 7.42. The summed E-state index contributed by atoms with van der Waals surface area (Å²) < 4.78 is 5.02. The smallest absolute Gasteiger partial charge is 0.0499 e. The Morgan fingerprint density at radius 1 is 1.31 bits per heavy atom. The number of hydrogen-bond donors (Lipinski definition) is 1. The summed E-state index contributed by atoms with van der Waals surface area (Å²) >= 11 is 0. The summed E-state index contributed by atoms with van der Waals surface area (Å²) in [4.78, 5) is 0. The van der Waals surface area contributed by atoms with Crippen LogP contribution in [0.1, 0.15) is 36.3 Å². The van der Waals surface area contributed by atoms with Gasteiger partial charge in [0.15, 0.2) is 0 Å². The van der Waals surface area contributed by atoms with Crippen molar-refractivity contribution < 1.29 is 9.84 Å². The Balaban J connectivity index is 2.47. The highest BCUT2D eigenvalue weighted by atomic mass is 16.5. The summed E-state index contributed by atoms with van der Waals surface area (Å²) in [6.07, 6.45) is 3.20. The summed E-state index contributed by atoms with van der Waals surface area (Å²) in [5, 5.41) is 9.40. The number of benzene rings is 1. The second-order valence-corrected chi connectivity index (χ2v) is 4.28. The van der Waals surface area contributed by atoms with Gasteiger partial charge in [0.2, 0.25) is 0 Å². The molecule has 0 saturated carbocycles. The van der Waals surface area contributed by atoms with Crippen LogP contribution >= 0.6 is 0 Å². The van der Waals surface area contributed by atoms with Gasteiger partial charge in [-0.15, -0.1) is 0 Å². The molecule has 0 bridgehead atoms. The minimum atomic E-state index is 0.233. The third kappa shape index (κ3) is 4.33. The highest BCUT2D eigenvalue weighted by Gasteiger charge is 2.09. The van der Waals surface area contributed by atoms with E-state index in [1.54, 1.807) is 7.11 Å². The van der Waals surface area contributed by atoms with Crippen LogP contribution < -0.4 is 0 Å². The zero-order chi connectivity index (χ0) is 11.8. The van der Waals surface area contributed by atoms with Crippen molar-refractivity contribution in [2.45, 2.75) is 32.1 Å². The molecule has 0 aromatic heterocycles. The number of rotatable bonds is 7. The maximum Gasteiger partial charge on any atom is 0.0499 e. The van der Waals surface area contributed by atoms with Crippen LogP contribution in [0.4, 0.5) is 0 Å². The molecule has 0 spiro atoms. The maximum atomic E-state index is 9.40. The quantitative estimate of drug-likeness (QED) is 0.719. The topological polar surface area (TPSA) is 29.5 Å². The van der Waals surface area contributed by atoms with Crippen molar-refractivity contribution in [3.8, 4) is 0 Å². The molecule has 2 nitrogen and oxygen atoms in total. The Kier molecular flexibility index (Phi) is 6.12. The van der Waals surface area contributed by atoms with Crippen molar-refractivity contribution in [1.29, 1.82) is 0 Å². The van der Waals surface area contributed by atoms with Crippen LogP contribution in [-0.2, 0) is 4.74 Å². The van der Waals surface area contributed by atoms with Crippen LogP contribution in [0, 0.1) is 6.92 Å². The third-order valence-electron chi connectivity index (χ3n) is 2.88. The fraction of sp³-hybridized carbons (Fsp3) is 0.571. The lowest BCUT2D eigenvalue weighted by Crippen LogP contribution is -2.05. The largest absolute Gasteiger partial charge is 0.396 e. The van der Waals surface area contributed by atoms with Gasteiger partial charge in [-0.05, 0) is 25.3 Å². The number of aliphatic hydroxyl groups is 1. The van der Waals surface area contributed by atoms with E-state index in [1.165, 1.54) is 11.1 Å². The first-order chi connectivity index (χ1) is 7.77. The number of ether oxygens (including phenoxy) is 1. The first-order valence-electron chi connectivity index (χ1n) is 5.94. The van der Waals surface area contributed by atoms with Gasteiger partial charge in [0.1, 0.15) is 0 Å². The monoisotopic (exact) mass is 222 g/mol. The van der Waals surface area contributed by atoms with Gasteiger partial charge in [-0.3, -0.25) is 0 Å². The molecule has 1 atom stereocenters. The summed E-state index contributed by atoms with van der Waals surface area (Å²) in [6, 6.07) is 8.41. The van der Waals surface area contributed by atoms with E-state index in [2.05, 4.69) is 31.2 Å². The number of methoxy groups -OCH3 is 1. The number of unbranched alkanes of at least 4 members (excludes halogenated alkanes) is 1. The third-order valence-corrected chi connectivity index (χ3v) is 2.88. The van der Waals surface area contributed by atoms with Crippen molar-refractivity contribution in [2.75, 3.05) is 20.3 Å². The first kappa shape index (κ1) is 13.2. The van der Waals surface area contributed by atoms with Crippen LogP contribution in [-0.4, -0.2) is 25.4 Å². The van der Waals surface area contributed by atoms with E-state index in [1.807, 2.05) is 0 Å². The molecule has 0 amide bonds. The summed E-state index contributed by atoms with van der Waals surface area (Å²) in [5.41, 5.74) is 2.51. The van der Waals surface area contributed by atoms with Crippen molar-refractivity contribution in [2.24, 2.45) is 0 Å². The van der Waals surface area contributed by atoms with Crippen molar-refractivity contribution in [1.82, 2.24) is 0 Å². The molecular weight excluding hydrogens is 200 g/mol. The molecule has 1 N–H and O–H groups in total. The minimum absolute atomic E-state index is 0.233. The lowest BCUT2D eigenvalue weighted by Gasteiger charge is -2.14. The van der Waals surface area contributed by atoms with E-state index in [9.17, 15) is 5.11 Å². The molecule has 1 aromatic rings. The Morgan fingerprint density at radius 3 is 2.75 bits per heavy atom. The molecule has 90 valence electrons. The fourth-order valence-electron chi connectivity index (χ4n) is 1.92. The van der Waals surface area contributed by atoms with Crippen LogP contribution in [0.5, 0.6) is 0 Å². The molecule has 0 aliphatic rings. The normalized spacial score (nSPS) is 12.7. The fourth-order valence-corrected chi connectivity index (χ4v) is 1.92. The predicted molar refractivity (Wildman–Crippen MR) is 66.7 cm³/mol. The molecule has 1 unspecified atom stereocenters. The van der Waals surface area contributed by atoms with Crippen LogP contribution in [0.25, 0.3) is 0 Å². The molecule has 0 heterocycles. The summed E-state index contributed by atoms with van der Waals surface area (Å²) in [7, 11) is 1.73. The van der Waals surface area contributed by atoms with Crippen molar-refractivity contribution in [3.63, 3.8) is 0 Å². The molecule has 0 fully saturated rings. The Labute approximate surface area is 98.3 Å².